The SMILES string of the molecule is Cc1noc(C2CCN(c3ncnc4c(F)cccc34)CC2)n1. The molecule has 0 amide bonds. The first-order valence-corrected chi connectivity index (χ1v) is 7.67. The minimum atomic E-state index is -0.317. The van der Waals surface area contributed by atoms with Crippen LogP contribution in [-0.4, -0.2) is 33.2 Å². The number of hydrogen-bond acceptors (Lipinski definition) is 6. The van der Waals surface area contributed by atoms with Crippen molar-refractivity contribution in [1.29, 1.82) is 0 Å². The number of benzene rings is 1. The van der Waals surface area contributed by atoms with E-state index in [9.17, 15) is 4.39 Å². The number of aryl methyl sites for hydroxylation is 1. The molecule has 0 atom stereocenters. The van der Waals surface area contributed by atoms with Crippen molar-refractivity contribution in [3.63, 3.8) is 0 Å². The monoisotopic (exact) mass is 313 g/mol. The predicted octanol–water partition coefficient (Wildman–Crippen LogP) is 2.84. The van der Waals surface area contributed by atoms with Crippen LogP contribution < -0.4 is 4.90 Å². The van der Waals surface area contributed by atoms with Gasteiger partial charge in [0.1, 0.15) is 23.5 Å². The van der Waals surface area contributed by atoms with E-state index >= 15 is 0 Å². The molecule has 0 saturated carbocycles. The van der Waals surface area contributed by atoms with Crippen LogP contribution >= 0.6 is 0 Å². The van der Waals surface area contributed by atoms with E-state index in [0.717, 1.165) is 37.1 Å². The van der Waals surface area contributed by atoms with Gasteiger partial charge in [0.15, 0.2) is 5.82 Å². The van der Waals surface area contributed by atoms with Gasteiger partial charge in [-0.15, -0.1) is 0 Å². The van der Waals surface area contributed by atoms with E-state index in [1.165, 1.54) is 12.4 Å². The van der Waals surface area contributed by atoms with Crippen molar-refractivity contribution in [2.24, 2.45) is 0 Å². The zero-order valence-electron chi connectivity index (χ0n) is 12.7. The molecule has 3 heterocycles. The van der Waals surface area contributed by atoms with Crippen molar-refractivity contribution in [3.8, 4) is 0 Å². The Kier molecular flexibility index (Phi) is 3.40. The average Bonchev–Trinajstić information content (AvgIpc) is 3.02. The molecule has 1 aromatic carbocycles. The van der Waals surface area contributed by atoms with Gasteiger partial charge in [-0.25, -0.2) is 14.4 Å². The number of halogens is 1. The minimum absolute atomic E-state index is 0.275. The first-order chi connectivity index (χ1) is 11.2. The maximum atomic E-state index is 13.9. The summed E-state index contributed by atoms with van der Waals surface area (Å²) >= 11 is 0. The molecule has 1 aliphatic heterocycles. The number of anilines is 1. The van der Waals surface area contributed by atoms with Crippen molar-refractivity contribution in [3.05, 3.63) is 42.1 Å². The van der Waals surface area contributed by atoms with Crippen LogP contribution in [0.3, 0.4) is 0 Å². The van der Waals surface area contributed by atoms with Gasteiger partial charge in [-0.3, -0.25) is 0 Å². The lowest BCUT2D eigenvalue weighted by Crippen LogP contribution is -2.33. The molecule has 0 bridgehead atoms. The normalized spacial score (nSPS) is 16.2. The van der Waals surface area contributed by atoms with Crippen LogP contribution in [0.5, 0.6) is 0 Å². The van der Waals surface area contributed by atoms with Crippen molar-refractivity contribution in [1.82, 2.24) is 20.1 Å². The van der Waals surface area contributed by atoms with Crippen molar-refractivity contribution in [2.75, 3.05) is 18.0 Å². The second-order valence-electron chi connectivity index (χ2n) is 5.77. The first kappa shape index (κ1) is 14.0. The zero-order valence-corrected chi connectivity index (χ0v) is 12.7. The van der Waals surface area contributed by atoms with Crippen LogP contribution in [0.25, 0.3) is 10.9 Å². The lowest BCUT2D eigenvalue weighted by atomic mass is 9.96. The first-order valence-electron chi connectivity index (χ1n) is 7.67. The molecule has 6 nitrogen and oxygen atoms in total. The third-order valence-corrected chi connectivity index (χ3v) is 4.28. The van der Waals surface area contributed by atoms with Crippen LogP contribution in [0, 0.1) is 12.7 Å². The molecule has 23 heavy (non-hydrogen) atoms. The second kappa shape index (κ2) is 5.57. The van der Waals surface area contributed by atoms with E-state index < -0.39 is 0 Å². The summed E-state index contributed by atoms with van der Waals surface area (Å²) < 4.78 is 19.2. The van der Waals surface area contributed by atoms with Crippen LogP contribution in [0.2, 0.25) is 0 Å². The van der Waals surface area contributed by atoms with E-state index in [1.807, 2.05) is 13.0 Å². The highest BCUT2D eigenvalue weighted by atomic mass is 19.1. The summed E-state index contributed by atoms with van der Waals surface area (Å²) in [5.41, 5.74) is 0.368. The second-order valence-corrected chi connectivity index (χ2v) is 5.77. The number of fused-ring (bicyclic) bond motifs is 1. The summed E-state index contributed by atoms with van der Waals surface area (Å²) in [4.78, 5) is 14.9. The Morgan fingerprint density at radius 2 is 2.04 bits per heavy atom. The Bertz CT molecular complexity index is 841. The van der Waals surface area contributed by atoms with E-state index in [2.05, 4.69) is 25.0 Å². The molecule has 1 fully saturated rings. The summed E-state index contributed by atoms with van der Waals surface area (Å²) in [7, 11) is 0. The van der Waals surface area contributed by atoms with Gasteiger partial charge in [0.05, 0.1) is 0 Å². The number of nitrogens with zero attached hydrogens (tertiary/aromatic N) is 5. The fourth-order valence-corrected chi connectivity index (χ4v) is 3.11. The van der Waals surface area contributed by atoms with Gasteiger partial charge < -0.3 is 9.42 Å². The van der Waals surface area contributed by atoms with Gasteiger partial charge in [0.25, 0.3) is 0 Å². The zero-order chi connectivity index (χ0) is 15.8. The van der Waals surface area contributed by atoms with Crippen molar-refractivity contribution < 1.29 is 8.91 Å². The Labute approximate surface area is 132 Å². The molecule has 0 unspecified atom stereocenters. The largest absolute Gasteiger partial charge is 0.356 e. The van der Waals surface area contributed by atoms with Gasteiger partial charge in [0, 0.05) is 24.4 Å². The Balaban J connectivity index is 1.58. The van der Waals surface area contributed by atoms with E-state index in [0.29, 0.717) is 17.2 Å². The van der Waals surface area contributed by atoms with E-state index in [4.69, 9.17) is 4.52 Å². The average molecular weight is 313 g/mol. The fourth-order valence-electron chi connectivity index (χ4n) is 3.11. The lowest BCUT2D eigenvalue weighted by molar-refractivity contribution is 0.327. The quantitative estimate of drug-likeness (QED) is 0.724. The highest BCUT2D eigenvalue weighted by Gasteiger charge is 2.26. The molecule has 0 spiro atoms. The molecule has 118 valence electrons. The number of piperidine rings is 1. The Morgan fingerprint density at radius 3 is 2.78 bits per heavy atom. The summed E-state index contributed by atoms with van der Waals surface area (Å²) in [6.07, 6.45) is 3.24. The smallest absolute Gasteiger partial charge is 0.229 e. The van der Waals surface area contributed by atoms with Crippen LogP contribution in [0.4, 0.5) is 10.2 Å². The highest BCUT2D eigenvalue weighted by Crippen LogP contribution is 2.31. The van der Waals surface area contributed by atoms with Gasteiger partial charge >= 0.3 is 0 Å². The minimum Gasteiger partial charge on any atom is -0.356 e. The molecular formula is C16H16FN5O. The summed E-state index contributed by atoms with van der Waals surface area (Å²) in [6, 6.07) is 4.98. The van der Waals surface area contributed by atoms with E-state index in [1.54, 1.807) is 6.07 Å². The molecule has 2 aromatic heterocycles. The fraction of sp³-hybridized carbons (Fsp3) is 0.375. The third-order valence-electron chi connectivity index (χ3n) is 4.28. The molecular weight excluding hydrogens is 297 g/mol. The van der Waals surface area contributed by atoms with Crippen LogP contribution in [0.1, 0.15) is 30.5 Å². The highest BCUT2D eigenvalue weighted by molar-refractivity contribution is 5.89. The molecule has 4 rings (SSSR count). The van der Waals surface area contributed by atoms with Gasteiger partial charge in [-0.05, 0) is 31.9 Å². The van der Waals surface area contributed by atoms with Crippen molar-refractivity contribution in [2.45, 2.75) is 25.7 Å². The van der Waals surface area contributed by atoms with Gasteiger partial charge in [-0.1, -0.05) is 11.2 Å². The summed E-state index contributed by atoms with van der Waals surface area (Å²) in [6.45, 7) is 3.45. The number of hydrogen-bond donors (Lipinski definition) is 0. The predicted molar refractivity (Wildman–Crippen MR) is 82.7 cm³/mol. The molecule has 7 heteroatoms. The summed E-state index contributed by atoms with van der Waals surface area (Å²) in [5.74, 6) is 2.12. The maximum absolute atomic E-state index is 13.9. The van der Waals surface area contributed by atoms with Crippen LogP contribution in [-0.2, 0) is 0 Å². The Morgan fingerprint density at radius 1 is 1.22 bits per heavy atom. The molecule has 0 N–H and O–H groups in total. The molecule has 1 saturated heterocycles. The third kappa shape index (κ3) is 2.52. The molecule has 1 aliphatic rings. The summed E-state index contributed by atoms with van der Waals surface area (Å²) in [5, 5.41) is 4.61. The molecule has 0 radical (unpaired) electrons. The maximum Gasteiger partial charge on any atom is 0.229 e. The van der Waals surface area contributed by atoms with Crippen LogP contribution in [0.15, 0.2) is 29.0 Å². The molecule has 0 aliphatic carbocycles. The number of rotatable bonds is 2. The lowest BCUT2D eigenvalue weighted by Gasteiger charge is -2.31. The van der Waals surface area contributed by atoms with E-state index in [-0.39, 0.29) is 11.7 Å². The van der Waals surface area contributed by atoms with Crippen molar-refractivity contribution >= 4 is 16.7 Å². The van der Waals surface area contributed by atoms with Gasteiger partial charge in [-0.2, -0.15) is 4.98 Å². The van der Waals surface area contributed by atoms with Gasteiger partial charge in [0.2, 0.25) is 5.89 Å². The standard InChI is InChI=1S/C16H16FN5O/c1-10-20-16(23-21-10)11-5-7-22(8-6-11)15-12-3-2-4-13(17)14(12)18-9-19-15/h2-4,9,11H,5-8H2,1H3. The number of para-hydroxylation sites is 1. The topological polar surface area (TPSA) is 67.9 Å². The molecule has 3 aromatic rings. The number of aromatic nitrogens is 4. The Hall–Kier alpha value is -2.57.